The Hall–Kier alpha value is -2.77. The molecule has 2 aromatic carbocycles. The van der Waals surface area contributed by atoms with Gasteiger partial charge in [0.2, 0.25) is 0 Å². The molecule has 5 nitrogen and oxygen atoms in total. The Morgan fingerprint density at radius 1 is 1.09 bits per heavy atom. The van der Waals surface area contributed by atoms with Crippen LogP contribution in [0.1, 0.15) is 5.56 Å². The van der Waals surface area contributed by atoms with Crippen LogP contribution in [0, 0.1) is 10.1 Å². The molecule has 0 N–H and O–H groups in total. The van der Waals surface area contributed by atoms with E-state index in [1.165, 1.54) is 12.1 Å². The molecule has 0 bridgehead atoms. The molecular weight excluding hydrogens is 303 g/mol. The second-order valence-corrected chi connectivity index (χ2v) is 4.16. The lowest BCUT2D eigenvalue weighted by atomic mass is 10.1. The zero-order valence-electron chi connectivity index (χ0n) is 11.3. The van der Waals surface area contributed by atoms with Crippen LogP contribution >= 0.6 is 0 Å². The fourth-order valence-corrected chi connectivity index (χ4v) is 1.88. The van der Waals surface area contributed by atoms with Crippen LogP contribution in [0.2, 0.25) is 0 Å². The average Bonchev–Trinajstić information content (AvgIpc) is 2.46. The maximum atomic E-state index is 13.1. The molecule has 2 aromatic rings. The third-order valence-electron chi connectivity index (χ3n) is 2.75. The van der Waals surface area contributed by atoms with Crippen LogP contribution in [0.3, 0.4) is 0 Å². The molecule has 0 amide bonds. The summed E-state index contributed by atoms with van der Waals surface area (Å²) in [5.74, 6) is -0.708. The van der Waals surface area contributed by atoms with Crippen LogP contribution < -0.4 is 9.47 Å². The monoisotopic (exact) mass is 313 g/mol. The minimum Gasteiger partial charge on any atom is -0.492 e. The van der Waals surface area contributed by atoms with Crippen molar-refractivity contribution in [3.8, 4) is 17.2 Å². The number of nitro groups is 1. The van der Waals surface area contributed by atoms with Crippen molar-refractivity contribution in [2.24, 2.45) is 0 Å². The van der Waals surface area contributed by atoms with E-state index in [-0.39, 0.29) is 11.5 Å². The SMILES string of the molecule is COc1c(Oc2ccccc2)ccc([N+](=O)[O-])c1C(F)(F)F. The molecule has 0 aromatic heterocycles. The highest BCUT2D eigenvalue weighted by Crippen LogP contribution is 2.47. The minimum atomic E-state index is -4.95. The number of methoxy groups -OCH3 is 1. The van der Waals surface area contributed by atoms with Gasteiger partial charge in [0.25, 0.3) is 5.69 Å². The smallest absolute Gasteiger partial charge is 0.426 e. The number of alkyl halides is 3. The molecule has 0 heterocycles. The first-order chi connectivity index (χ1) is 10.3. The van der Waals surface area contributed by atoms with Gasteiger partial charge in [-0.1, -0.05) is 18.2 Å². The summed E-state index contributed by atoms with van der Waals surface area (Å²) < 4.78 is 49.4. The van der Waals surface area contributed by atoms with Crippen LogP contribution in [-0.4, -0.2) is 12.0 Å². The molecule has 0 atom stereocenters. The lowest BCUT2D eigenvalue weighted by Gasteiger charge is -2.16. The Bertz CT molecular complexity index is 686. The lowest BCUT2D eigenvalue weighted by molar-refractivity contribution is -0.388. The quantitative estimate of drug-likeness (QED) is 0.619. The normalized spacial score (nSPS) is 11.1. The van der Waals surface area contributed by atoms with E-state index in [4.69, 9.17) is 9.47 Å². The second-order valence-electron chi connectivity index (χ2n) is 4.16. The number of nitro benzene ring substituents is 1. The van der Waals surface area contributed by atoms with Gasteiger partial charge in [0, 0.05) is 6.07 Å². The number of halogens is 3. The molecule has 0 radical (unpaired) electrons. The zero-order chi connectivity index (χ0) is 16.3. The molecule has 116 valence electrons. The van der Waals surface area contributed by atoms with Crippen molar-refractivity contribution >= 4 is 5.69 Å². The molecule has 2 rings (SSSR count). The highest BCUT2D eigenvalue weighted by molar-refractivity contribution is 5.59. The summed E-state index contributed by atoms with van der Waals surface area (Å²) in [6.45, 7) is 0. The molecule has 0 unspecified atom stereocenters. The van der Waals surface area contributed by atoms with E-state index in [1.54, 1.807) is 18.2 Å². The van der Waals surface area contributed by atoms with Crippen molar-refractivity contribution in [2.45, 2.75) is 6.18 Å². The summed E-state index contributed by atoms with van der Waals surface area (Å²) in [7, 11) is 0.992. The van der Waals surface area contributed by atoms with Gasteiger partial charge < -0.3 is 9.47 Å². The molecule has 22 heavy (non-hydrogen) atoms. The summed E-state index contributed by atoms with van der Waals surface area (Å²) in [4.78, 5) is 9.70. The molecular formula is C14H10F3NO4. The lowest BCUT2D eigenvalue weighted by Crippen LogP contribution is -2.11. The molecule has 8 heteroatoms. The number of para-hydroxylation sites is 1. The Morgan fingerprint density at radius 3 is 2.23 bits per heavy atom. The van der Waals surface area contributed by atoms with E-state index in [9.17, 15) is 23.3 Å². The van der Waals surface area contributed by atoms with Crippen molar-refractivity contribution in [1.29, 1.82) is 0 Å². The van der Waals surface area contributed by atoms with Gasteiger partial charge in [-0.25, -0.2) is 0 Å². The highest BCUT2D eigenvalue weighted by atomic mass is 19.4. The van der Waals surface area contributed by atoms with Gasteiger partial charge >= 0.3 is 6.18 Å². The van der Waals surface area contributed by atoms with Gasteiger partial charge in [-0.2, -0.15) is 13.2 Å². The Balaban J connectivity index is 2.59. The molecule has 0 aliphatic heterocycles. The fraction of sp³-hybridized carbons (Fsp3) is 0.143. The molecule has 0 fully saturated rings. The third-order valence-corrected chi connectivity index (χ3v) is 2.75. The Labute approximate surface area is 123 Å². The number of hydrogen-bond acceptors (Lipinski definition) is 4. The van der Waals surface area contributed by atoms with Crippen molar-refractivity contribution in [1.82, 2.24) is 0 Å². The van der Waals surface area contributed by atoms with Gasteiger partial charge in [0.1, 0.15) is 5.75 Å². The van der Waals surface area contributed by atoms with Crippen LogP contribution in [0.4, 0.5) is 18.9 Å². The molecule has 0 saturated carbocycles. The number of hydrogen-bond donors (Lipinski definition) is 0. The molecule has 0 aliphatic carbocycles. The van der Waals surface area contributed by atoms with E-state index in [0.717, 1.165) is 19.2 Å². The number of nitrogens with zero attached hydrogens (tertiary/aromatic N) is 1. The second kappa shape index (κ2) is 5.92. The van der Waals surface area contributed by atoms with E-state index < -0.39 is 28.1 Å². The fourth-order valence-electron chi connectivity index (χ4n) is 1.88. The predicted molar refractivity (Wildman–Crippen MR) is 71.2 cm³/mol. The van der Waals surface area contributed by atoms with Crippen LogP contribution in [0.25, 0.3) is 0 Å². The molecule has 0 saturated heterocycles. The maximum Gasteiger partial charge on any atom is 0.426 e. The van der Waals surface area contributed by atoms with Gasteiger partial charge in [-0.3, -0.25) is 10.1 Å². The summed E-state index contributed by atoms with van der Waals surface area (Å²) in [5, 5.41) is 10.8. The summed E-state index contributed by atoms with van der Waals surface area (Å²) in [5.41, 5.74) is -2.57. The summed E-state index contributed by atoms with van der Waals surface area (Å²) in [6, 6.07) is 9.86. The van der Waals surface area contributed by atoms with Crippen LogP contribution in [0.15, 0.2) is 42.5 Å². The number of rotatable bonds is 4. The largest absolute Gasteiger partial charge is 0.492 e. The van der Waals surface area contributed by atoms with Crippen molar-refractivity contribution in [3.05, 3.63) is 58.1 Å². The predicted octanol–water partition coefficient (Wildman–Crippen LogP) is 4.41. The standard InChI is InChI=1S/C14H10F3NO4/c1-21-13-11(22-9-5-3-2-4-6-9)8-7-10(18(19)20)12(13)14(15,16)17/h2-8H,1H3. The zero-order valence-corrected chi connectivity index (χ0v) is 11.3. The minimum absolute atomic E-state index is 0.258. The maximum absolute atomic E-state index is 13.1. The summed E-state index contributed by atoms with van der Waals surface area (Å²) >= 11 is 0. The van der Waals surface area contributed by atoms with E-state index in [0.29, 0.717) is 0 Å². The first-order valence-corrected chi connectivity index (χ1v) is 6.00. The molecule has 0 aliphatic rings. The Morgan fingerprint density at radius 2 is 1.73 bits per heavy atom. The van der Waals surface area contributed by atoms with Gasteiger partial charge in [-0.05, 0) is 18.2 Å². The van der Waals surface area contributed by atoms with Crippen molar-refractivity contribution in [2.75, 3.05) is 7.11 Å². The van der Waals surface area contributed by atoms with Gasteiger partial charge in [0.15, 0.2) is 17.1 Å². The average molecular weight is 313 g/mol. The van der Waals surface area contributed by atoms with Crippen LogP contribution in [0.5, 0.6) is 17.2 Å². The molecule has 0 spiro atoms. The van der Waals surface area contributed by atoms with Gasteiger partial charge in [0.05, 0.1) is 12.0 Å². The first-order valence-electron chi connectivity index (χ1n) is 6.00. The Kier molecular flexibility index (Phi) is 4.20. The summed E-state index contributed by atoms with van der Waals surface area (Å²) in [6.07, 6.45) is -4.95. The van der Waals surface area contributed by atoms with Crippen molar-refractivity contribution in [3.63, 3.8) is 0 Å². The number of ether oxygens (including phenoxy) is 2. The number of benzene rings is 2. The highest BCUT2D eigenvalue weighted by Gasteiger charge is 2.43. The van der Waals surface area contributed by atoms with E-state index in [2.05, 4.69) is 0 Å². The third kappa shape index (κ3) is 3.11. The van der Waals surface area contributed by atoms with Crippen molar-refractivity contribution < 1.29 is 27.6 Å². The topological polar surface area (TPSA) is 61.6 Å². The van der Waals surface area contributed by atoms with Gasteiger partial charge in [-0.15, -0.1) is 0 Å². The first kappa shape index (κ1) is 15.6. The van der Waals surface area contributed by atoms with Crippen LogP contribution in [-0.2, 0) is 6.18 Å². The van der Waals surface area contributed by atoms with E-state index in [1.807, 2.05) is 0 Å². The van der Waals surface area contributed by atoms with E-state index >= 15 is 0 Å².